The SMILES string of the molecule is C=C/C=C\c1oc2cccc(-c3cccc(-c4ccccc4)c3)c2c1/C=N/C(=N\C(=N)C1C=Cc2ccccc2C1)c1ccc2sc3ccccc3c2c1. The topological polar surface area (TPSA) is 61.7 Å². The van der Waals surface area contributed by atoms with Crippen LogP contribution in [-0.2, 0) is 6.42 Å². The summed E-state index contributed by atoms with van der Waals surface area (Å²) >= 11 is 1.78. The van der Waals surface area contributed by atoms with E-state index in [9.17, 15) is 5.41 Å². The summed E-state index contributed by atoms with van der Waals surface area (Å²) in [6, 6.07) is 48.4. The van der Waals surface area contributed by atoms with Crippen molar-refractivity contribution in [2.24, 2.45) is 15.9 Å². The van der Waals surface area contributed by atoms with E-state index in [-0.39, 0.29) is 11.8 Å². The van der Waals surface area contributed by atoms with Crippen LogP contribution in [0.15, 0.2) is 179 Å². The summed E-state index contributed by atoms with van der Waals surface area (Å²) in [5, 5.41) is 12.6. The highest BCUT2D eigenvalue weighted by molar-refractivity contribution is 7.25. The first-order valence-corrected chi connectivity index (χ1v) is 18.8. The fraction of sp³-hybridized carbons (Fsp3) is 0.0408. The van der Waals surface area contributed by atoms with Crippen molar-refractivity contribution in [3.8, 4) is 22.3 Å². The number of fused-ring (bicyclic) bond motifs is 5. The van der Waals surface area contributed by atoms with Crippen LogP contribution in [0.1, 0.15) is 28.0 Å². The van der Waals surface area contributed by atoms with Crippen molar-refractivity contribution in [2.75, 3.05) is 0 Å². The molecule has 8 aromatic rings. The molecule has 0 fully saturated rings. The van der Waals surface area contributed by atoms with Crippen molar-refractivity contribution in [2.45, 2.75) is 6.42 Å². The van der Waals surface area contributed by atoms with Crippen LogP contribution in [0.2, 0.25) is 0 Å². The maximum atomic E-state index is 9.27. The summed E-state index contributed by atoms with van der Waals surface area (Å²) in [7, 11) is 0. The van der Waals surface area contributed by atoms with E-state index in [1.165, 1.54) is 25.9 Å². The molecule has 54 heavy (non-hydrogen) atoms. The second-order valence-electron chi connectivity index (χ2n) is 13.4. The van der Waals surface area contributed by atoms with Gasteiger partial charge in [-0.05, 0) is 82.3 Å². The van der Waals surface area contributed by atoms with E-state index in [0.717, 1.165) is 49.7 Å². The van der Waals surface area contributed by atoms with Crippen molar-refractivity contribution in [3.63, 3.8) is 0 Å². The Morgan fingerprint density at radius 3 is 2.44 bits per heavy atom. The predicted octanol–water partition coefficient (Wildman–Crippen LogP) is 13.1. The van der Waals surface area contributed by atoms with Gasteiger partial charge in [0, 0.05) is 48.8 Å². The van der Waals surface area contributed by atoms with Gasteiger partial charge in [-0.1, -0.05) is 134 Å². The number of hydrogen-bond acceptors (Lipinski definition) is 3. The monoisotopic (exact) mass is 713 g/mol. The lowest BCUT2D eigenvalue weighted by Crippen LogP contribution is -2.17. The molecule has 6 aromatic carbocycles. The molecule has 9 rings (SSSR count). The average Bonchev–Trinajstić information content (AvgIpc) is 3.79. The first-order valence-electron chi connectivity index (χ1n) is 18.0. The Labute approximate surface area is 318 Å². The molecule has 1 atom stereocenters. The van der Waals surface area contributed by atoms with E-state index in [4.69, 9.17) is 14.4 Å². The van der Waals surface area contributed by atoms with Crippen molar-refractivity contribution in [1.29, 1.82) is 5.41 Å². The average molecular weight is 714 g/mol. The second kappa shape index (κ2) is 14.4. The molecule has 4 nitrogen and oxygen atoms in total. The van der Waals surface area contributed by atoms with E-state index in [0.29, 0.717) is 18.0 Å². The fourth-order valence-corrected chi connectivity index (χ4v) is 8.37. The van der Waals surface area contributed by atoms with Gasteiger partial charge in [0.15, 0.2) is 5.84 Å². The summed E-state index contributed by atoms with van der Waals surface area (Å²) in [4.78, 5) is 10.2. The standard InChI is InChI=1S/C49H35N3OS/c1-2-3-21-43-42(47-39(20-12-22-44(47)53-43)36-18-11-17-35(28-36)32-13-5-4-6-14-32)31-51-49(52-48(50)37-25-24-33-15-7-8-16-34(33)29-37)38-26-27-46-41(30-38)40-19-9-10-23-45(40)54-46/h2-28,30-31,37,50H,1,29H2/b21-3-,50-48?,51-31+,52-49-. The zero-order valence-electron chi connectivity index (χ0n) is 29.4. The Hall–Kier alpha value is -6.69. The van der Waals surface area contributed by atoms with Crippen LogP contribution in [0.3, 0.4) is 0 Å². The molecule has 258 valence electrons. The maximum Gasteiger partial charge on any atom is 0.161 e. The predicted molar refractivity (Wildman–Crippen MR) is 230 cm³/mol. The smallest absolute Gasteiger partial charge is 0.161 e. The van der Waals surface area contributed by atoms with E-state index < -0.39 is 0 Å². The third-order valence-corrected chi connectivity index (χ3v) is 11.1. The number of allylic oxidation sites excluding steroid dienone is 2. The van der Waals surface area contributed by atoms with Crippen LogP contribution in [0, 0.1) is 11.3 Å². The highest BCUT2D eigenvalue weighted by Gasteiger charge is 2.20. The molecule has 1 aliphatic rings. The molecule has 0 amide bonds. The Morgan fingerprint density at radius 1 is 0.759 bits per heavy atom. The molecule has 1 unspecified atom stereocenters. The molecule has 0 saturated heterocycles. The summed E-state index contributed by atoms with van der Waals surface area (Å²) in [6.07, 6.45) is 12.3. The number of amidine groups is 2. The number of furan rings is 1. The number of rotatable bonds is 7. The van der Waals surface area contributed by atoms with Crippen LogP contribution in [0.5, 0.6) is 0 Å². The Bertz CT molecular complexity index is 2850. The summed E-state index contributed by atoms with van der Waals surface area (Å²) in [6.45, 7) is 3.90. The molecular formula is C49H35N3OS. The summed E-state index contributed by atoms with van der Waals surface area (Å²) in [5.41, 5.74) is 9.25. The van der Waals surface area contributed by atoms with E-state index in [2.05, 4.69) is 134 Å². The maximum absolute atomic E-state index is 9.27. The fourth-order valence-electron chi connectivity index (χ4n) is 7.29. The van der Waals surface area contributed by atoms with Crippen LogP contribution in [0.25, 0.3) is 65.5 Å². The normalized spacial score (nSPS) is 14.4. The molecule has 0 bridgehead atoms. The van der Waals surface area contributed by atoms with Crippen LogP contribution in [-0.4, -0.2) is 17.9 Å². The number of nitrogens with one attached hydrogen (secondary N) is 1. The van der Waals surface area contributed by atoms with Crippen LogP contribution < -0.4 is 0 Å². The molecule has 2 heterocycles. The first-order chi connectivity index (χ1) is 26.6. The minimum atomic E-state index is -0.167. The summed E-state index contributed by atoms with van der Waals surface area (Å²) in [5.74, 6) is 1.24. The lowest BCUT2D eigenvalue weighted by molar-refractivity contribution is 0.603. The van der Waals surface area contributed by atoms with Crippen molar-refractivity contribution in [3.05, 3.63) is 192 Å². The van der Waals surface area contributed by atoms with E-state index in [1.54, 1.807) is 17.4 Å². The Kier molecular flexibility index (Phi) is 8.83. The molecule has 2 aromatic heterocycles. The lowest BCUT2D eigenvalue weighted by atomic mass is 9.89. The molecule has 0 radical (unpaired) electrons. The number of aliphatic imine (C=N–C) groups is 2. The molecular weight excluding hydrogens is 679 g/mol. The molecule has 1 N–H and O–H groups in total. The van der Waals surface area contributed by atoms with E-state index >= 15 is 0 Å². The zero-order chi connectivity index (χ0) is 36.4. The van der Waals surface area contributed by atoms with Gasteiger partial charge in [0.1, 0.15) is 17.2 Å². The minimum Gasteiger partial charge on any atom is -0.456 e. The molecule has 0 spiro atoms. The van der Waals surface area contributed by atoms with Gasteiger partial charge in [-0.25, -0.2) is 9.98 Å². The quantitative estimate of drug-likeness (QED) is 0.0997. The highest BCUT2D eigenvalue weighted by atomic mass is 32.1. The largest absolute Gasteiger partial charge is 0.456 e. The van der Waals surface area contributed by atoms with Crippen LogP contribution >= 0.6 is 11.3 Å². The number of thiophene rings is 1. The van der Waals surface area contributed by atoms with Gasteiger partial charge in [0.05, 0.1) is 0 Å². The molecule has 5 heteroatoms. The summed E-state index contributed by atoms with van der Waals surface area (Å²) < 4.78 is 8.94. The van der Waals surface area contributed by atoms with Gasteiger partial charge in [0.25, 0.3) is 0 Å². The van der Waals surface area contributed by atoms with Gasteiger partial charge in [-0.2, -0.15) is 0 Å². The zero-order valence-corrected chi connectivity index (χ0v) is 30.3. The van der Waals surface area contributed by atoms with Crippen molar-refractivity contribution >= 4 is 72.5 Å². The van der Waals surface area contributed by atoms with Gasteiger partial charge in [-0.3, -0.25) is 5.41 Å². The second-order valence-corrected chi connectivity index (χ2v) is 14.4. The number of benzene rings is 6. The van der Waals surface area contributed by atoms with Gasteiger partial charge in [-0.15, -0.1) is 11.3 Å². The van der Waals surface area contributed by atoms with Crippen molar-refractivity contribution in [1.82, 2.24) is 0 Å². The number of nitrogens with zero attached hydrogens (tertiary/aromatic N) is 2. The lowest BCUT2D eigenvalue weighted by Gasteiger charge is -2.18. The van der Waals surface area contributed by atoms with E-state index in [1.807, 2.05) is 42.6 Å². The van der Waals surface area contributed by atoms with Gasteiger partial charge < -0.3 is 4.42 Å². The van der Waals surface area contributed by atoms with Crippen LogP contribution in [0.4, 0.5) is 0 Å². The van der Waals surface area contributed by atoms with Gasteiger partial charge in [0.2, 0.25) is 0 Å². The minimum absolute atomic E-state index is 0.167. The first kappa shape index (κ1) is 33.2. The van der Waals surface area contributed by atoms with Gasteiger partial charge >= 0.3 is 0 Å². The Balaban J connectivity index is 1.19. The highest BCUT2D eigenvalue weighted by Crippen LogP contribution is 2.37. The Morgan fingerprint density at radius 2 is 1.54 bits per heavy atom. The van der Waals surface area contributed by atoms with Crippen molar-refractivity contribution < 1.29 is 4.42 Å². The molecule has 0 aliphatic heterocycles. The third-order valence-electron chi connectivity index (χ3n) is 9.98. The molecule has 0 saturated carbocycles. The molecule has 1 aliphatic carbocycles. The number of hydrogen-bond donors (Lipinski definition) is 1. The third kappa shape index (κ3) is 6.36.